The number of hydrogen-bond acceptors (Lipinski definition) is 4. The minimum atomic E-state index is -0.0959. The van der Waals surface area contributed by atoms with Gasteiger partial charge in [0, 0.05) is 12.8 Å². The Kier molecular flexibility index (Phi) is 3.58. The summed E-state index contributed by atoms with van der Waals surface area (Å²) in [5.74, 6) is 0.278. The lowest BCUT2D eigenvalue weighted by atomic mass is 9.99. The highest BCUT2D eigenvalue weighted by Gasteiger charge is 2.33. The van der Waals surface area contributed by atoms with Gasteiger partial charge in [-0.15, -0.1) is 0 Å². The predicted octanol–water partition coefficient (Wildman–Crippen LogP) is 1.42. The molecule has 0 aliphatic carbocycles. The second-order valence-electron chi connectivity index (χ2n) is 4.14. The van der Waals surface area contributed by atoms with Crippen molar-refractivity contribution in [1.82, 2.24) is 4.98 Å². The van der Waals surface area contributed by atoms with E-state index < -0.39 is 0 Å². The average molecular weight is 235 g/mol. The minimum absolute atomic E-state index is 0.0138. The van der Waals surface area contributed by atoms with Gasteiger partial charge in [0.2, 0.25) is 5.91 Å². The molecule has 1 aromatic heterocycles. The lowest BCUT2D eigenvalue weighted by Crippen LogP contribution is -2.29. The monoisotopic (exact) mass is 235 g/mol. The molecule has 5 nitrogen and oxygen atoms in total. The van der Waals surface area contributed by atoms with Gasteiger partial charge in [-0.1, -0.05) is 6.92 Å². The van der Waals surface area contributed by atoms with E-state index in [0.717, 1.165) is 12.8 Å². The molecule has 17 heavy (non-hydrogen) atoms. The van der Waals surface area contributed by atoms with E-state index in [2.05, 4.69) is 10.3 Å². The molecule has 2 unspecified atom stereocenters. The maximum Gasteiger partial charge on any atom is 0.231 e. The second-order valence-corrected chi connectivity index (χ2v) is 4.14. The van der Waals surface area contributed by atoms with Crippen LogP contribution < -0.4 is 11.1 Å². The number of nitrogens with zero attached hydrogens (tertiary/aromatic N) is 1. The van der Waals surface area contributed by atoms with Gasteiger partial charge in [0.05, 0.1) is 17.7 Å². The van der Waals surface area contributed by atoms with E-state index in [1.807, 2.05) is 6.92 Å². The maximum atomic E-state index is 12.0. The minimum Gasteiger partial charge on any atom is -0.396 e. The van der Waals surface area contributed by atoms with Crippen LogP contribution in [0.2, 0.25) is 0 Å². The first-order valence-corrected chi connectivity index (χ1v) is 5.85. The van der Waals surface area contributed by atoms with Gasteiger partial charge in [-0.25, -0.2) is 4.98 Å². The molecule has 0 aromatic carbocycles. The zero-order valence-electron chi connectivity index (χ0n) is 9.85. The summed E-state index contributed by atoms with van der Waals surface area (Å²) >= 11 is 0. The molecule has 1 aliphatic rings. The fourth-order valence-corrected chi connectivity index (χ4v) is 2.08. The first-order chi connectivity index (χ1) is 8.22. The molecule has 1 saturated heterocycles. The number of rotatable bonds is 3. The van der Waals surface area contributed by atoms with E-state index in [-0.39, 0.29) is 17.9 Å². The smallest absolute Gasteiger partial charge is 0.231 e. The van der Waals surface area contributed by atoms with Gasteiger partial charge in [-0.2, -0.15) is 0 Å². The van der Waals surface area contributed by atoms with Gasteiger partial charge < -0.3 is 15.8 Å². The largest absolute Gasteiger partial charge is 0.396 e. The van der Waals surface area contributed by atoms with Crippen LogP contribution in [0.25, 0.3) is 0 Å². The number of aromatic nitrogens is 1. The molecule has 1 aliphatic heterocycles. The highest BCUT2D eigenvalue weighted by Crippen LogP contribution is 2.25. The molecule has 0 spiro atoms. The summed E-state index contributed by atoms with van der Waals surface area (Å²) in [4.78, 5) is 16.1. The number of ether oxygens (including phenoxy) is 1. The molecule has 1 amide bonds. The fourth-order valence-electron chi connectivity index (χ4n) is 2.08. The van der Waals surface area contributed by atoms with Crippen molar-refractivity contribution in [2.24, 2.45) is 5.92 Å². The van der Waals surface area contributed by atoms with Crippen molar-refractivity contribution in [3.05, 3.63) is 18.3 Å². The van der Waals surface area contributed by atoms with Crippen LogP contribution in [0.1, 0.15) is 19.8 Å². The highest BCUT2D eigenvalue weighted by atomic mass is 16.5. The summed E-state index contributed by atoms with van der Waals surface area (Å²) in [6, 6.07) is 3.45. The Hall–Kier alpha value is -1.62. The summed E-state index contributed by atoms with van der Waals surface area (Å²) < 4.78 is 5.49. The van der Waals surface area contributed by atoms with Crippen molar-refractivity contribution in [1.29, 1.82) is 0 Å². The Bertz CT molecular complexity index is 408. The topological polar surface area (TPSA) is 77.2 Å². The molecule has 1 fully saturated rings. The first kappa shape index (κ1) is 11.9. The Morgan fingerprint density at radius 2 is 2.53 bits per heavy atom. The van der Waals surface area contributed by atoms with Crippen molar-refractivity contribution in [2.75, 3.05) is 17.7 Å². The van der Waals surface area contributed by atoms with Crippen LogP contribution in [0.5, 0.6) is 0 Å². The molecule has 5 heteroatoms. The SMILES string of the molecule is CCC1OCCC1C(=O)Nc1ncccc1N. The normalized spacial score (nSPS) is 23.6. The molecule has 2 heterocycles. The molecule has 2 atom stereocenters. The maximum absolute atomic E-state index is 12.0. The van der Waals surface area contributed by atoms with E-state index in [9.17, 15) is 4.79 Å². The van der Waals surface area contributed by atoms with E-state index in [0.29, 0.717) is 18.1 Å². The molecule has 92 valence electrons. The molecule has 2 rings (SSSR count). The summed E-state index contributed by atoms with van der Waals surface area (Å²) in [6.07, 6.45) is 3.22. The van der Waals surface area contributed by atoms with Crippen LogP contribution in [-0.2, 0) is 9.53 Å². The molecular formula is C12H17N3O2. The number of hydrogen-bond donors (Lipinski definition) is 2. The fraction of sp³-hybridized carbons (Fsp3) is 0.500. The van der Waals surface area contributed by atoms with Crippen LogP contribution in [0.3, 0.4) is 0 Å². The third kappa shape index (κ3) is 2.55. The van der Waals surface area contributed by atoms with Crippen LogP contribution >= 0.6 is 0 Å². The van der Waals surface area contributed by atoms with Crippen molar-refractivity contribution >= 4 is 17.4 Å². The van der Waals surface area contributed by atoms with Crippen molar-refractivity contribution < 1.29 is 9.53 Å². The summed E-state index contributed by atoms with van der Waals surface area (Å²) in [7, 11) is 0. The number of carbonyl (C=O) groups excluding carboxylic acids is 1. The van der Waals surface area contributed by atoms with Gasteiger partial charge in [-0.3, -0.25) is 4.79 Å². The number of nitrogen functional groups attached to an aromatic ring is 1. The number of amides is 1. The average Bonchev–Trinajstić information content (AvgIpc) is 2.80. The quantitative estimate of drug-likeness (QED) is 0.830. The van der Waals surface area contributed by atoms with Crippen LogP contribution in [0.4, 0.5) is 11.5 Å². The van der Waals surface area contributed by atoms with E-state index in [4.69, 9.17) is 10.5 Å². The standard InChI is InChI=1S/C12H17N3O2/c1-2-10-8(5-7-17-10)12(16)15-11-9(13)4-3-6-14-11/h3-4,6,8,10H,2,5,7,13H2,1H3,(H,14,15,16). The van der Waals surface area contributed by atoms with Crippen LogP contribution in [0.15, 0.2) is 18.3 Å². The second kappa shape index (κ2) is 5.14. The van der Waals surface area contributed by atoms with Crippen LogP contribution in [-0.4, -0.2) is 23.6 Å². The lowest BCUT2D eigenvalue weighted by molar-refractivity contribution is -0.121. The Morgan fingerprint density at radius 1 is 1.71 bits per heavy atom. The van der Waals surface area contributed by atoms with E-state index >= 15 is 0 Å². The van der Waals surface area contributed by atoms with Crippen molar-refractivity contribution in [3.63, 3.8) is 0 Å². The third-order valence-corrected chi connectivity index (χ3v) is 3.03. The molecule has 0 bridgehead atoms. The summed E-state index contributed by atoms with van der Waals surface area (Å²) in [5.41, 5.74) is 6.21. The third-order valence-electron chi connectivity index (χ3n) is 3.03. The first-order valence-electron chi connectivity index (χ1n) is 5.85. The number of anilines is 2. The summed E-state index contributed by atoms with van der Waals surface area (Å²) in [6.45, 7) is 2.67. The predicted molar refractivity (Wildman–Crippen MR) is 65.4 cm³/mol. The number of pyridine rings is 1. The van der Waals surface area contributed by atoms with Gasteiger partial charge in [0.1, 0.15) is 0 Å². The zero-order chi connectivity index (χ0) is 12.3. The molecule has 0 saturated carbocycles. The van der Waals surface area contributed by atoms with Gasteiger partial charge in [0.25, 0.3) is 0 Å². The Labute approximate surface area is 100 Å². The zero-order valence-corrected chi connectivity index (χ0v) is 9.85. The van der Waals surface area contributed by atoms with E-state index in [1.54, 1.807) is 18.3 Å². The Morgan fingerprint density at radius 3 is 3.24 bits per heavy atom. The van der Waals surface area contributed by atoms with E-state index in [1.165, 1.54) is 0 Å². The van der Waals surface area contributed by atoms with Gasteiger partial charge >= 0.3 is 0 Å². The molecule has 0 radical (unpaired) electrons. The Balaban J connectivity index is 2.04. The molecule has 1 aromatic rings. The summed E-state index contributed by atoms with van der Waals surface area (Å²) in [5, 5.41) is 2.76. The van der Waals surface area contributed by atoms with Crippen molar-refractivity contribution in [3.8, 4) is 0 Å². The highest BCUT2D eigenvalue weighted by molar-refractivity contribution is 5.94. The van der Waals surface area contributed by atoms with Gasteiger partial charge in [-0.05, 0) is 25.0 Å². The number of nitrogens with two attached hydrogens (primary N) is 1. The van der Waals surface area contributed by atoms with Gasteiger partial charge in [0.15, 0.2) is 5.82 Å². The van der Waals surface area contributed by atoms with Crippen LogP contribution in [0, 0.1) is 5.92 Å². The number of nitrogens with one attached hydrogen (secondary N) is 1. The molecular weight excluding hydrogens is 218 g/mol. The molecule has 3 N–H and O–H groups in total. The number of carbonyl (C=O) groups is 1. The lowest BCUT2D eigenvalue weighted by Gasteiger charge is -2.16. The van der Waals surface area contributed by atoms with Crippen molar-refractivity contribution in [2.45, 2.75) is 25.9 Å².